The number of carbonyl (C=O) groups is 1. The maximum Gasteiger partial charge on any atom is 0.339 e. The minimum atomic E-state index is -0.346. The predicted octanol–water partition coefficient (Wildman–Crippen LogP) is 6.54. The maximum absolute atomic E-state index is 12.9. The lowest BCUT2D eigenvalue weighted by atomic mass is 10.0. The Morgan fingerprint density at radius 2 is 1.51 bits per heavy atom. The number of pyridine rings is 1. The maximum atomic E-state index is 12.9. The first-order chi connectivity index (χ1) is 18.1. The van der Waals surface area contributed by atoms with Gasteiger partial charge in [-0.25, -0.2) is 14.5 Å². The summed E-state index contributed by atoms with van der Waals surface area (Å²) in [6.07, 6.45) is 1.54. The minimum Gasteiger partial charge on any atom is -0.462 e. The molecule has 0 aliphatic rings. The Labute approximate surface area is 216 Å². The van der Waals surface area contributed by atoms with Crippen molar-refractivity contribution in [1.29, 1.82) is 0 Å². The fourth-order valence-electron chi connectivity index (χ4n) is 4.39. The number of para-hydroxylation sites is 1. The molecule has 0 bridgehead atoms. The Balaban J connectivity index is 1.44. The number of aromatic nitrogens is 3. The fraction of sp³-hybridized carbons (Fsp3) is 0.194. The summed E-state index contributed by atoms with van der Waals surface area (Å²) in [7, 11) is 0. The largest absolute Gasteiger partial charge is 0.462 e. The zero-order valence-corrected chi connectivity index (χ0v) is 21.1. The van der Waals surface area contributed by atoms with Gasteiger partial charge in [0.2, 0.25) is 0 Å². The Hall–Kier alpha value is -4.45. The number of rotatable bonds is 9. The smallest absolute Gasteiger partial charge is 0.339 e. The van der Waals surface area contributed by atoms with E-state index in [0.29, 0.717) is 30.8 Å². The fourth-order valence-corrected chi connectivity index (χ4v) is 4.39. The van der Waals surface area contributed by atoms with Gasteiger partial charge in [0.15, 0.2) is 5.65 Å². The van der Waals surface area contributed by atoms with Crippen molar-refractivity contribution in [3.05, 3.63) is 119 Å². The summed E-state index contributed by atoms with van der Waals surface area (Å²) in [6.45, 7) is 4.55. The van der Waals surface area contributed by atoms with Crippen molar-refractivity contribution in [3.8, 4) is 11.5 Å². The van der Waals surface area contributed by atoms with Gasteiger partial charge in [-0.05, 0) is 68.1 Å². The molecule has 0 aliphatic heterocycles. The molecule has 0 radical (unpaired) electrons. The average Bonchev–Trinajstić information content (AvgIpc) is 3.24. The minimum absolute atomic E-state index is 0.312. The van der Waals surface area contributed by atoms with Gasteiger partial charge in [0.25, 0.3) is 0 Å². The van der Waals surface area contributed by atoms with E-state index < -0.39 is 0 Å². The van der Waals surface area contributed by atoms with E-state index in [4.69, 9.17) is 19.6 Å². The van der Waals surface area contributed by atoms with Gasteiger partial charge in [-0.3, -0.25) is 0 Å². The Morgan fingerprint density at radius 1 is 0.838 bits per heavy atom. The zero-order valence-electron chi connectivity index (χ0n) is 21.1. The van der Waals surface area contributed by atoms with Crippen molar-refractivity contribution >= 4 is 17.0 Å². The third-order valence-corrected chi connectivity index (χ3v) is 6.17. The highest BCUT2D eigenvalue weighted by Gasteiger charge is 2.20. The SMILES string of the molecule is CCOC(=O)c1cc(CCc2ccccc2)nc2c1c(C)nn2Cc1ccc(Oc2ccccc2)cc1. The summed E-state index contributed by atoms with van der Waals surface area (Å²) in [5, 5.41) is 5.49. The first kappa shape index (κ1) is 24.3. The van der Waals surface area contributed by atoms with E-state index in [0.717, 1.165) is 40.3 Å². The van der Waals surface area contributed by atoms with Crippen molar-refractivity contribution < 1.29 is 14.3 Å². The van der Waals surface area contributed by atoms with Crippen LogP contribution in [0.15, 0.2) is 91.0 Å². The van der Waals surface area contributed by atoms with Crippen LogP contribution < -0.4 is 4.74 Å². The van der Waals surface area contributed by atoms with Crippen LogP contribution in [-0.2, 0) is 24.1 Å². The second-order valence-electron chi connectivity index (χ2n) is 8.87. The van der Waals surface area contributed by atoms with Crippen LogP contribution in [0.4, 0.5) is 0 Å². The van der Waals surface area contributed by atoms with Crippen molar-refractivity contribution in [2.24, 2.45) is 0 Å². The molecule has 0 aliphatic carbocycles. The van der Waals surface area contributed by atoms with Crippen molar-refractivity contribution in [3.63, 3.8) is 0 Å². The van der Waals surface area contributed by atoms with Crippen LogP contribution in [0, 0.1) is 6.92 Å². The number of ether oxygens (including phenoxy) is 2. The van der Waals surface area contributed by atoms with Crippen LogP contribution in [-0.4, -0.2) is 27.3 Å². The standard InChI is InChI=1S/C31H29N3O3/c1-3-36-31(35)28-20-25(17-14-23-10-6-4-7-11-23)32-30-29(28)22(2)33-34(30)21-24-15-18-27(19-16-24)37-26-12-8-5-9-13-26/h4-13,15-16,18-20H,3,14,17,21H2,1-2H3. The molecule has 0 N–H and O–H groups in total. The molecule has 0 saturated carbocycles. The van der Waals surface area contributed by atoms with Crippen molar-refractivity contribution in [1.82, 2.24) is 14.8 Å². The summed E-state index contributed by atoms with van der Waals surface area (Å²) >= 11 is 0. The number of aryl methyl sites for hydroxylation is 3. The molecule has 37 heavy (non-hydrogen) atoms. The highest BCUT2D eigenvalue weighted by atomic mass is 16.5. The zero-order chi connectivity index (χ0) is 25.6. The van der Waals surface area contributed by atoms with Gasteiger partial charge in [0.05, 0.1) is 29.8 Å². The molecular formula is C31H29N3O3. The van der Waals surface area contributed by atoms with Crippen LogP contribution >= 0.6 is 0 Å². The molecule has 0 amide bonds. The molecule has 0 saturated heterocycles. The van der Waals surface area contributed by atoms with Gasteiger partial charge >= 0.3 is 5.97 Å². The molecule has 3 aromatic carbocycles. The summed E-state index contributed by atoms with van der Waals surface area (Å²) < 4.78 is 13.2. The van der Waals surface area contributed by atoms with E-state index in [1.54, 1.807) is 0 Å². The van der Waals surface area contributed by atoms with Crippen molar-refractivity contribution in [2.45, 2.75) is 33.2 Å². The van der Waals surface area contributed by atoms with Crippen LogP contribution in [0.5, 0.6) is 11.5 Å². The first-order valence-corrected chi connectivity index (χ1v) is 12.5. The van der Waals surface area contributed by atoms with Gasteiger partial charge in [0.1, 0.15) is 11.5 Å². The number of benzene rings is 3. The normalized spacial score (nSPS) is 11.0. The molecule has 186 valence electrons. The van der Waals surface area contributed by atoms with Gasteiger partial charge in [-0.2, -0.15) is 5.10 Å². The number of esters is 1. The highest BCUT2D eigenvalue weighted by molar-refractivity contribution is 6.03. The van der Waals surface area contributed by atoms with Crippen LogP contribution in [0.1, 0.15) is 39.8 Å². The summed E-state index contributed by atoms with van der Waals surface area (Å²) in [4.78, 5) is 17.8. The Kier molecular flexibility index (Phi) is 7.26. The van der Waals surface area contributed by atoms with E-state index in [1.165, 1.54) is 5.56 Å². The number of hydrogen-bond donors (Lipinski definition) is 0. The van der Waals surface area contributed by atoms with Gasteiger partial charge in [-0.1, -0.05) is 60.7 Å². The molecule has 0 fully saturated rings. The van der Waals surface area contributed by atoms with Gasteiger partial charge in [0, 0.05) is 5.69 Å². The van der Waals surface area contributed by atoms with E-state index in [1.807, 2.05) is 97.4 Å². The third kappa shape index (κ3) is 5.70. The van der Waals surface area contributed by atoms with Crippen LogP contribution in [0.3, 0.4) is 0 Å². The highest BCUT2D eigenvalue weighted by Crippen LogP contribution is 2.26. The van der Waals surface area contributed by atoms with Gasteiger partial charge < -0.3 is 9.47 Å². The molecule has 0 atom stereocenters. The molecule has 2 aromatic heterocycles. The Bertz CT molecular complexity index is 1490. The van der Waals surface area contributed by atoms with E-state index >= 15 is 0 Å². The van der Waals surface area contributed by atoms with Crippen LogP contribution in [0.25, 0.3) is 11.0 Å². The van der Waals surface area contributed by atoms with E-state index in [2.05, 4.69) is 12.1 Å². The quantitative estimate of drug-likeness (QED) is 0.219. The lowest BCUT2D eigenvalue weighted by Gasteiger charge is -2.10. The summed E-state index contributed by atoms with van der Waals surface area (Å²) in [5.41, 5.74) is 5.08. The second kappa shape index (κ2) is 11.1. The average molecular weight is 492 g/mol. The lowest BCUT2D eigenvalue weighted by Crippen LogP contribution is -2.09. The predicted molar refractivity (Wildman–Crippen MR) is 144 cm³/mol. The molecule has 2 heterocycles. The number of nitrogens with zero attached hydrogens (tertiary/aromatic N) is 3. The van der Waals surface area contributed by atoms with Crippen LogP contribution in [0.2, 0.25) is 0 Å². The second-order valence-corrected chi connectivity index (χ2v) is 8.87. The first-order valence-electron chi connectivity index (χ1n) is 12.5. The molecule has 6 nitrogen and oxygen atoms in total. The summed E-state index contributed by atoms with van der Waals surface area (Å²) in [5.74, 6) is 1.21. The van der Waals surface area contributed by atoms with Gasteiger partial charge in [-0.15, -0.1) is 0 Å². The number of hydrogen-bond acceptors (Lipinski definition) is 5. The molecule has 5 aromatic rings. The topological polar surface area (TPSA) is 66.2 Å². The molecule has 5 rings (SSSR count). The monoisotopic (exact) mass is 491 g/mol. The number of fused-ring (bicyclic) bond motifs is 1. The van der Waals surface area contributed by atoms with E-state index in [9.17, 15) is 4.79 Å². The Morgan fingerprint density at radius 3 is 2.22 bits per heavy atom. The molecule has 6 heteroatoms. The number of carbonyl (C=O) groups excluding carboxylic acids is 1. The van der Waals surface area contributed by atoms with Crippen molar-refractivity contribution in [2.75, 3.05) is 6.61 Å². The lowest BCUT2D eigenvalue weighted by molar-refractivity contribution is 0.0528. The summed E-state index contributed by atoms with van der Waals surface area (Å²) in [6, 6.07) is 29.8. The molecule has 0 spiro atoms. The third-order valence-electron chi connectivity index (χ3n) is 6.17. The van der Waals surface area contributed by atoms with E-state index in [-0.39, 0.29) is 5.97 Å². The molecular weight excluding hydrogens is 462 g/mol. The molecule has 0 unspecified atom stereocenters.